The van der Waals surface area contributed by atoms with Gasteiger partial charge in [-0.2, -0.15) is 5.10 Å². The van der Waals surface area contributed by atoms with Crippen molar-refractivity contribution < 1.29 is 46.7 Å². The first kappa shape index (κ1) is 105. The summed E-state index contributed by atoms with van der Waals surface area (Å²) in [5.74, 6) is 9.36. The Kier molecular flexibility index (Phi) is 36.6. The van der Waals surface area contributed by atoms with E-state index < -0.39 is 0 Å². The molecular weight excluding hydrogens is 1840 g/mol. The van der Waals surface area contributed by atoms with Crippen molar-refractivity contribution in [2.45, 2.75) is 173 Å². The average molecular weight is 2000 g/mol. The van der Waals surface area contributed by atoms with Crippen LogP contribution in [0.3, 0.4) is 0 Å². The second-order valence-corrected chi connectivity index (χ2v) is 41.7. The van der Waals surface area contributed by atoms with E-state index in [1.807, 2.05) is 86.4 Å². The molecule has 0 amide bonds. The first-order valence-electron chi connectivity index (χ1n) is 54.5. The zero-order chi connectivity index (χ0) is 101. The molecule has 0 radical (unpaired) electrons. The Morgan fingerprint density at radius 2 is 0.626 bits per heavy atom. The highest BCUT2D eigenvalue weighted by atomic mass is 16.5. The number of hydrogen-bond acceptors (Lipinski definition) is 27. The second-order valence-electron chi connectivity index (χ2n) is 41.7. The number of nitrogens with zero attached hydrogens (tertiary/aromatic N) is 14. The summed E-state index contributed by atoms with van der Waals surface area (Å²) in [6.45, 7) is 31.7. The Bertz CT molecular complexity index is 6410. The van der Waals surface area contributed by atoms with Crippen LogP contribution in [0.25, 0.3) is 100 Å². The second kappa shape index (κ2) is 51.3. The number of nitrogens with one attached hydrogen (secondary N) is 4. The van der Waals surface area contributed by atoms with E-state index in [1.165, 1.54) is 109 Å². The molecule has 147 heavy (non-hydrogen) atoms. The Morgan fingerprint density at radius 1 is 0.306 bits per heavy atom. The number of benzene rings is 6. The number of pyridine rings is 4. The molecule has 8 aliphatic heterocycles. The number of likely N-dealkylation sites (tertiary alicyclic amines) is 8. The molecule has 0 spiro atoms. The van der Waals surface area contributed by atoms with E-state index in [0.29, 0.717) is 50.6 Å². The molecule has 0 saturated carbocycles. The highest BCUT2D eigenvalue weighted by Crippen LogP contribution is 2.45. The fourth-order valence-corrected chi connectivity index (χ4v) is 22.0. The van der Waals surface area contributed by atoms with Crippen LogP contribution in [0, 0.1) is 20.8 Å². The lowest BCUT2D eigenvalue weighted by molar-refractivity contribution is 0.254. The minimum atomic E-state index is 0.402. The average Bonchev–Trinajstić information content (AvgIpc) is 1.76. The molecule has 6 aromatic carbocycles. The molecule has 8 fully saturated rings. The number of rotatable bonds is 37. The fraction of sp³-hybridized carbons (Fsp3) is 0.504. The molecule has 0 aliphatic carbocycles. The third kappa shape index (κ3) is 28.0. The van der Waals surface area contributed by atoms with Gasteiger partial charge in [0.05, 0.1) is 94.0 Å². The minimum absolute atomic E-state index is 0.402. The summed E-state index contributed by atoms with van der Waals surface area (Å²) in [7, 11) is 17.5. The van der Waals surface area contributed by atoms with Gasteiger partial charge in [0, 0.05) is 149 Å². The van der Waals surface area contributed by atoms with Gasteiger partial charge in [0.2, 0.25) is 0 Å². The van der Waals surface area contributed by atoms with E-state index in [4.69, 9.17) is 66.7 Å². The fourth-order valence-electron chi connectivity index (χ4n) is 22.0. The lowest BCUT2D eigenvalue weighted by Crippen LogP contribution is -2.36. The maximum Gasteiger partial charge on any atom is 0.163 e. The molecule has 28 nitrogen and oxygen atoms in total. The van der Waals surface area contributed by atoms with Crippen molar-refractivity contribution in [2.75, 3.05) is 235 Å². The van der Waals surface area contributed by atoms with E-state index >= 15 is 0 Å². The normalized spacial score (nSPS) is 17.5. The Hall–Kier alpha value is -12.0. The number of fused-ring (bicyclic) bond motifs is 4. The largest absolute Gasteiger partial charge is 0.493 e. The summed E-state index contributed by atoms with van der Waals surface area (Å²) in [4.78, 5) is 39.9. The van der Waals surface area contributed by atoms with Gasteiger partial charge in [0.25, 0.3) is 0 Å². The van der Waals surface area contributed by atoms with Crippen LogP contribution in [0.15, 0.2) is 167 Å². The quantitative estimate of drug-likeness (QED) is 0.0264. The Labute approximate surface area is 870 Å². The van der Waals surface area contributed by atoms with Crippen LogP contribution in [-0.4, -0.2) is 307 Å². The number of methoxy groups -OCH3 is 4. The summed E-state index contributed by atoms with van der Waals surface area (Å²) < 4.78 is 62.0. The number of aryl methyl sites for hydroxylation is 4. The number of ether oxygens (including phenoxy) is 8. The van der Waals surface area contributed by atoms with Gasteiger partial charge in [-0.05, 0) is 360 Å². The lowest BCUT2D eigenvalue weighted by Gasteiger charge is -2.30. The lowest BCUT2D eigenvalue weighted by atomic mass is 10.0. The predicted molar refractivity (Wildman–Crippen MR) is 596 cm³/mol. The van der Waals surface area contributed by atoms with Crippen molar-refractivity contribution in [3.05, 3.63) is 175 Å². The van der Waals surface area contributed by atoms with Gasteiger partial charge < -0.3 is 107 Å². The van der Waals surface area contributed by atoms with Crippen molar-refractivity contribution in [1.82, 2.24) is 68.9 Å². The summed E-state index contributed by atoms with van der Waals surface area (Å²) in [6.07, 6.45) is 25.4. The van der Waals surface area contributed by atoms with Gasteiger partial charge in [0.15, 0.2) is 51.8 Å². The van der Waals surface area contributed by atoms with Crippen LogP contribution < -0.4 is 59.2 Å². The number of anilines is 4. The molecule has 0 bridgehead atoms. The summed E-state index contributed by atoms with van der Waals surface area (Å²) >= 11 is 0. The van der Waals surface area contributed by atoms with Crippen LogP contribution in [0.5, 0.6) is 46.0 Å². The molecule has 784 valence electrons. The van der Waals surface area contributed by atoms with Crippen molar-refractivity contribution >= 4 is 66.4 Å². The van der Waals surface area contributed by atoms with Crippen molar-refractivity contribution in [1.29, 1.82) is 0 Å². The van der Waals surface area contributed by atoms with Gasteiger partial charge >= 0.3 is 0 Å². The SMILES string of the molecule is COc1cc2c(NC3CCN(C)CC3)cc(-c3cc(C)oc3C)nc2cc1OCCCN1CCCC1.COc1cc2c(NC3CCN(C)CC3)cc(-c3ccc(-c4ccccc4)o3)nc2cc1OCCCN1CCCC1.COc1cc2c(NC3CCN(C)CC3)cc(-c3ccccc3C)nc2cc1OCCCN1CCCC1.COc1cc2c(NC3CCN(C)CC3)cc(-c3ccn(C)n3)nc2cc1OCCCN1CCCC1. The standard InChI is InChI=1S/C33H40N4O3.C30H40N4O2.C29H40N4O3.C27H38N6O2/c1-36-18-13-25(14-19-36)34-27-22-29(31-12-11-30(40-31)24-9-4-3-5-10-24)35-28-23-33(32(38-2)21-26(27)28)39-20-8-17-37-15-6-7-16-37;1-22-9-4-5-10-24(22)26-20-27(31-23-11-16-33(2)17-12-23)25-19-29(35-3)30(21-28(25)32-26)36-18-8-15-34-13-6-7-14-34;1-20-16-23(21(2)36-20)25-18-26(30-22-8-13-32(3)14-9-22)24-17-28(34-4)29(19-27(24)31-25)35-15-7-12-33-10-5-6-11-33;1-31-13-7-20(8-14-31)28-23-18-25(22-9-15-32(2)30-22)29-24-19-27(26(34-3)17-21(23)24)35-16-6-12-33-10-4-5-11-33/h3-5,9-12,21-23,25H,6-8,13-20H2,1-2H3,(H,34,35);4-5,9-10,19-21,23H,6-8,11-18H2,1-3H3,(H,31,32);16-19,22H,5-15H2,1-4H3,(H,30,31);9,15,17-20H,4-8,10-14,16H2,1-3H3,(H,28,29). The topological polar surface area (TPSA) is 244 Å². The van der Waals surface area contributed by atoms with Crippen molar-refractivity contribution in [3.63, 3.8) is 0 Å². The molecule has 4 N–H and O–H groups in total. The number of aromatic nitrogens is 6. The number of hydrogen-bond donors (Lipinski definition) is 4. The maximum atomic E-state index is 6.31. The highest BCUT2D eigenvalue weighted by molar-refractivity contribution is 6.00. The molecule has 28 heteroatoms. The zero-order valence-corrected chi connectivity index (χ0v) is 89.3. The highest BCUT2D eigenvalue weighted by Gasteiger charge is 2.29. The first-order chi connectivity index (χ1) is 71.8. The molecule has 15 heterocycles. The molecule has 8 saturated heterocycles. The van der Waals surface area contributed by atoms with E-state index in [-0.39, 0.29) is 0 Å². The molecule has 0 unspecified atom stereocenters. The van der Waals surface area contributed by atoms with Gasteiger partial charge in [-0.3, -0.25) is 4.68 Å². The summed E-state index contributed by atoms with van der Waals surface area (Å²) in [6, 6.07) is 53.5. The van der Waals surface area contributed by atoms with E-state index in [0.717, 1.165) is 336 Å². The van der Waals surface area contributed by atoms with Crippen LogP contribution in [0.1, 0.15) is 146 Å². The predicted octanol–water partition coefficient (Wildman–Crippen LogP) is 21.6. The van der Waals surface area contributed by atoms with Gasteiger partial charge in [0.1, 0.15) is 28.7 Å². The Balaban J connectivity index is 0.000000129. The molecule has 7 aromatic heterocycles. The monoisotopic (exact) mass is 2000 g/mol. The van der Waals surface area contributed by atoms with Crippen LogP contribution >= 0.6 is 0 Å². The summed E-state index contributed by atoms with van der Waals surface area (Å²) in [5.41, 5.74) is 16.8. The molecule has 21 rings (SSSR count). The summed E-state index contributed by atoms with van der Waals surface area (Å²) in [5, 5.41) is 24.1. The molecule has 8 aliphatic rings. The van der Waals surface area contributed by atoms with Gasteiger partial charge in [-0.1, -0.05) is 54.6 Å². The number of piperidine rings is 4. The minimum Gasteiger partial charge on any atom is -0.493 e. The van der Waals surface area contributed by atoms with Gasteiger partial charge in [-0.25, -0.2) is 19.9 Å². The Morgan fingerprint density at radius 3 is 0.959 bits per heavy atom. The van der Waals surface area contributed by atoms with Gasteiger partial charge in [-0.15, -0.1) is 0 Å². The van der Waals surface area contributed by atoms with E-state index in [9.17, 15) is 0 Å². The van der Waals surface area contributed by atoms with E-state index in [1.54, 1.807) is 28.4 Å². The molecular formula is C119H158N18O10. The zero-order valence-electron chi connectivity index (χ0n) is 89.3. The molecule has 0 atom stereocenters. The molecule has 13 aromatic rings. The third-order valence-corrected chi connectivity index (χ3v) is 30.6. The van der Waals surface area contributed by atoms with Crippen molar-refractivity contribution in [3.8, 4) is 103 Å². The van der Waals surface area contributed by atoms with Crippen molar-refractivity contribution in [2.24, 2.45) is 7.05 Å². The van der Waals surface area contributed by atoms with Crippen LogP contribution in [0.4, 0.5) is 22.7 Å². The first-order valence-corrected chi connectivity index (χ1v) is 54.5. The van der Waals surface area contributed by atoms with Crippen LogP contribution in [0.2, 0.25) is 0 Å². The maximum absolute atomic E-state index is 6.31. The van der Waals surface area contributed by atoms with Crippen LogP contribution in [-0.2, 0) is 7.05 Å². The smallest absolute Gasteiger partial charge is 0.163 e. The van der Waals surface area contributed by atoms with E-state index in [2.05, 4.69) is 198 Å². The third-order valence-electron chi connectivity index (χ3n) is 30.6. The number of furan rings is 2.